The molecule has 124 valence electrons. The summed E-state index contributed by atoms with van der Waals surface area (Å²) in [5.41, 5.74) is 1.34. The number of carbonyl (C=O) groups is 2. The molecule has 0 saturated heterocycles. The molecule has 0 fully saturated rings. The fourth-order valence-corrected chi connectivity index (χ4v) is 3.01. The summed E-state index contributed by atoms with van der Waals surface area (Å²) in [6.45, 7) is 5.77. The van der Waals surface area contributed by atoms with Gasteiger partial charge in [0.15, 0.2) is 5.13 Å². The van der Waals surface area contributed by atoms with E-state index in [1.165, 1.54) is 11.3 Å². The number of aromatic nitrogens is 1. The molecule has 1 aromatic heterocycles. The van der Waals surface area contributed by atoms with Crippen molar-refractivity contribution in [2.45, 2.75) is 33.6 Å². The third-order valence-electron chi connectivity index (χ3n) is 3.12. The van der Waals surface area contributed by atoms with Crippen LogP contribution in [0.25, 0.3) is 10.2 Å². The number of nitrogens with one attached hydrogen (secondary N) is 2. The van der Waals surface area contributed by atoms with Gasteiger partial charge in [-0.2, -0.15) is 0 Å². The summed E-state index contributed by atoms with van der Waals surface area (Å²) in [6.07, 6.45) is 0.852. The van der Waals surface area contributed by atoms with Crippen molar-refractivity contribution in [2.75, 3.05) is 17.7 Å². The van der Waals surface area contributed by atoms with Crippen molar-refractivity contribution >= 4 is 44.2 Å². The van der Waals surface area contributed by atoms with Gasteiger partial charge in [0.05, 0.1) is 11.8 Å². The highest BCUT2D eigenvalue weighted by atomic mass is 32.1. The van der Waals surface area contributed by atoms with E-state index in [2.05, 4.69) is 15.6 Å². The van der Waals surface area contributed by atoms with Gasteiger partial charge >= 0.3 is 0 Å². The van der Waals surface area contributed by atoms with Crippen molar-refractivity contribution in [3.05, 3.63) is 12.1 Å². The van der Waals surface area contributed by atoms with E-state index in [1.54, 1.807) is 20.1 Å². The van der Waals surface area contributed by atoms with Crippen molar-refractivity contribution in [1.29, 1.82) is 0 Å². The van der Waals surface area contributed by atoms with Crippen molar-refractivity contribution in [1.82, 2.24) is 4.98 Å². The van der Waals surface area contributed by atoms with Gasteiger partial charge in [0.2, 0.25) is 11.8 Å². The number of anilines is 2. The molecule has 0 atom stereocenters. The number of rotatable bonds is 6. The number of hydrogen-bond donors (Lipinski definition) is 2. The van der Waals surface area contributed by atoms with E-state index in [-0.39, 0.29) is 11.8 Å². The number of amides is 2. The molecular weight excluding hydrogens is 314 g/mol. The minimum atomic E-state index is -0.0894. The van der Waals surface area contributed by atoms with E-state index < -0.39 is 0 Å². The largest absolute Gasteiger partial charge is 0.494 e. The molecule has 2 aromatic rings. The minimum absolute atomic E-state index is 0.0366. The van der Waals surface area contributed by atoms with Crippen LogP contribution < -0.4 is 15.4 Å². The van der Waals surface area contributed by atoms with E-state index in [4.69, 9.17) is 4.74 Å². The second-order valence-corrected chi connectivity index (χ2v) is 6.62. The number of fused-ring (bicyclic) bond motifs is 1. The predicted octanol–water partition coefficient (Wildman–Crippen LogP) is 3.64. The molecule has 1 aromatic carbocycles. The molecule has 0 aliphatic rings. The first-order valence-electron chi connectivity index (χ1n) is 7.51. The Labute approximate surface area is 139 Å². The highest BCUT2D eigenvalue weighted by Crippen LogP contribution is 2.35. The lowest BCUT2D eigenvalue weighted by molar-refractivity contribution is -0.117. The maximum absolute atomic E-state index is 11.9. The molecule has 0 bridgehead atoms. The molecule has 2 N–H and O–H groups in total. The van der Waals surface area contributed by atoms with Crippen LogP contribution in [0.1, 0.15) is 33.6 Å². The van der Waals surface area contributed by atoms with E-state index >= 15 is 0 Å². The van der Waals surface area contributed by atoms with Crippen LogP contribution in [0, 0.1) is 5.92 Å². The van der Waals surface area contributed by atoms with Crippen LogP contribution >= 0.6 is 11.3 Å². The fourth-order valence-electron chi connectivity index (χ4n) is 2.07. The summed E-state index contributed by atoms with van der Waals surface area (Å²) in [5.74, 6) is 0.731. The Balaban J connectivity index is 2.30. The average molecular weight is 335 g/mol. The Morgan fingerprint density at radius 2 is 2.00 bits per heavy atom. The number of methoxy groups -OCH3 is 1. The molecule has 23 heavy (non-hydrogen) atoms. The maximum Gasteiger partial charge on any atom is 0.225 e. The maximum atomic E-state index is 11.9. The predicted molar refractivity (Wildman–Crippen MR) is 93.2 cm³/mol. The summed E-state index contributed by atoms with van der Waals surface area (Å²) in [7, 11) is 1.55. The molecular formula is C16H21N3O3S. The van der Waals surface area contributed by atoms with Gasteiger partial charge in [-0.1, -0.05) is 32.1 Å². The molecule has 0 spiro atoms. The molecule has 0 aliphatic carbocycles. The van der Waals surface area contributed by atoms with Gasteiger partial charge in [-0.3, -0.25) is 9.59 Å². The Hall–Kier alpha value is -2.15. The second-order valence-electron chi connectivity index (χ2n) is 5.59. The first-order chi connectivity index (χ1) is 10.9. The van der Waals surface area contributed by atoms with E-state index in [0.717, 1.165) is 4.70 Å². The van der Waals surface area contributed by atoms with Gasteiger partial charge < -0.3 is 15.4 Å². The van der Waals surface area contributed by atoms with Crippen LogP contribution in [0.3, 0.4) is 0 Å². The fraction of sp³-hybridized carbons (Fsp3) is 0.438. The third-order valence-corrected chi connectivity index (χ3v) is 4.04. The molecule has 0 aliphatic heterocycles. The lowest BCUT2D eigenvalue weighted by Gasteiger charge is -2.09. The van der Waals surface area contributed by atoms with Gasteiger partial charge in [0.25, 0.3) is 0 Å². The SMILES string of the molecule is CCC(=O)Nc1nc2c(OC)cc(NC(=O)CC(C)C)cc2s1. The molecule has 2 rings (SSSR count). The summed E-state index contributed by atoms with van der Waals surface area (Å²) >= 11 is 1.35. The van der Waals surface area contributed by atoms with Crippen molar-refractivity contribution in [2.24, 2.45) is 5.92 Å². The smallest absolute Gasteiger partial charge is 0.225 e. The zero-order valence-corrected chi connectivity index (χ0v) is 14.5. The Kier molecular flexibility index (Phi) is 5.54. The zero-order valence-electron chi connectivity index (χ0n) is 13.7. The first-order valence-corrected chi connectivity index (χ1v) is 8.32. The molecule has 0 radical (unpaired) electrons. The average Bonchev–Trinajstić information content (AvgIpc) is 2.87. The van der Waals surface area contributed by atoms with E-state index in [9.17, 15) is 9.59 Å². The van der Waals surface area contributed by atoms with E-state index in [0.29, 0.717) is 40.8 Å². The lowest BCUT2D eigenvalue weighted by Crippen LogP contribution is -2.13. The molecule has 7 heteroatoms. The van der Waals surface area contributed by atoms with Gasteiger partial charge in [-0.05, 0) is 12.0 Å². The number of hydrogen-bond acceptors (Lipinski definition) is 5. The normalized spacial score (nSPS) is 10.8. The highest BCUT2D eigenvalue weighted by Gasteiger charge is 2.14. The Morgan fingerprint density at radius 3 is 2.61 bits per heavy atom. The number of thiazole rings is 1. The highest BCUT2D eigenvalue weighted by molar-refractivity contribution is 7.22. The minimum Gasteiger partial charge on any atom is -0.494 e. The van der Waals surface area contributed by atoms with E-state index in [1.807, 2.05) is 19.9 Å². The van der Waals surface area contributed by atoms with Gasteiger partial charge in [0.1, 0.15) is 11.3 Å². The van der Waals surface area contributed by atoms with Crippen LogP contribution in [0.5, 0.6) is 5.75 Å². The summed E-state index contributed by atoms with van der Waals surface area (Å²) in [5, 5.41) is 6.14. The molecule has 2 amide bonds. The number of carbonyl (C=O) groups excluding carboxylic acids is 2. The van der Waals surface area contributed by atoms with Crippen LogP contribution in [-0.2, 0) is 9.59 Å². The van der Waals surface area contributed by atoms with Gasteiger partial charge in [0, 0.05) is 24.6 Å². The Morgan fingerprint density at radius 1 is 1.26 bits per heavy atom. The van der Waals surface area contributed by atoms with Crippen molar-refractivity contribution in [3.8, 4) is 5.75 Å². The van der Waals surface area contributed by atoms with Crippen molar-refractivity contribution in [3.63, 3.8) is 0 Å². The number of ether oxygens (including phenoxy) is 1. The van der Waals surface area contributed by atoms with Gasteiger partial charge in [-0.15, -0.1) is 0 Å². The standard InChI is InChI=1S/C16H21N3O3S/c1-5-13(20)18-16-19-15-11(22-4)7-10(8-12(15)23-16)17-14(21)6-9(2)3/h7-9H,5-6H2,1-4H3,(H,17,21)(H,18,19,20). The topological polar surface area (TPSA) is 80.3 Å². The number of nitrogens with zero attached hydrogens (tertiary/aromatic N) is 1. The van der Waals surface area contributed by atoms with Crippen LogP contribution in [0.15, 0.2) is 12.1 Å². The molecule has 1 heterocycles. The molecule has 6 nitrogen and oxygen atoms in total. The van der Waals surface area contributed by atoms with Crippen molar-refractivity contribution < 1.29 is 14.3 Å². The van der Waals surface area contributed by atoms with Crippen LogP contribution in [-0.4, -0.2) is 23.9 Å². The molecule has 0 saturated carbocycles. The van der Waals surface area contributed by atoms with Gasteiger partial charge in [-0.25, -0.2) is 4.98 Å². The summed E-state index contributed by atoms with van der Waals surface area (Å²) in [4.78, 5) is 27.8. The zero-order chi connectivity index (χ0) is 17.0. The first kappa shape index (κ1) is 17.2. The van der Waals surface area contributed by atoms with Crippen LogP contribution in [0.2, 0.25) is 0 Å². The monoisotopic (exact) mass is 335 g/mol. The number of benzene rings is 1. The third kappa shape index (κ3) is 4.41. The summed E-state index contributed by atoms with van der Waals surface area (Å²) in [6, 6.07) is 3.58. The van der Waals surface area contributed by atoms with Crippen LogP contribution in [0.4, 0.5) is 10.8 Å². The summed E-state index contributed by atoms with van der Waals surface area (Å²) < 4.78 is 6.20. The Bertz CT molecular complexity index is 725. The molecule has 0 unspecified atom stereocenters. The lowest BCUT2D eigenvalue weighted by atomic mass is 10.1. The second kappa shape index (κ2) is 7.41. The quantitative estimate of drug-likeness (QED) is 0.844.